The van der Waals surface area contributed by atoms with Crippen LogP contribution in [0.25, 0.3) is 0 Å². The van der Waals surface area contributed by atoms with Crippen LogP contribution in [-0.4, -0.2) is 20.0 Å². The fourth-order valence-corrected chi connectivity index (χ4v) is 1.58. The van der Waals surface area contributed by atoms with Gasteiger partial charge in [0, 0.05) is 5.56 Å². The molecule has 0 saturated heterocycles. The predicted molar refractivity (Wildman–Crippen MR) is 56.0 cm³/mol. The van der Waals surface area contributed by atoms with Crippen LogP contribution in [0.4, 0.5) is 14.5 Å². The Bertz CT molecular complexity index is 502. The van der Waals surface area contributed by atoms with Gasteiger partial charge < -0.3 is 5.73 Å². The summed E-state index contributed by atoms with van der Waals surface area (Å²) in [6, 6.07) is 5.55. The summed E-state index contributed by atoms with van der Waals surface area (Å²) in [7, 11) is -4.74. The maximum Gasteiger partial charge on any atom is 0.355 e. The minimum Gasteiger partial charge on any atom is -0.384 e. The van der Waals surface area contributed by atoms with E-state index in [1.807, 2.05) is 0 Å². The lowest BCUT2D eigenvalue weighted by Gasteiger charge is -2.10. The Morgan fingerprint density at radius 3 is 2.44 bits per heavy atom. The first kappa shape index (κ1) is 12.4. The van der Waals surface area contributed by atoms with Crippen LogP contribution in [0, 0.1) is 5.41 Å². The van der Waals surface area contributed by atoms with Gasteiger partial charge in [-0.2, -0.15) is 8.78 Å². The molecular weight excluding hydrogens is 240 g/mol. The molecule has 0 saturated carbocycles. The van der Waals surface area contributed by atoms with Crippen molar-refractivity contribution in [1.29, 1.82) is 5.41 Å². The Hall–Kier alpha value is -1.70. The van der Waals surface area contributed by atoms with Gasteiger partial charge in [0.25, 0.3) is 10.0 Å². The summed E-state index contributed by atoms with van der Waals surface area (Å²) >= 11 is 0. The molecule has 1 aromatic carbocycles. The van der Waals surface area contributed by atoms with E-state index in [0.29, 0.717) is 0 Å². The molecule has 0 bridgehead atoms. The van der Waals surface area contributed by atoms with Gasteiger partial charge in [0.1, 0.15) is 5.84 Å². The molecule has 0 unspecified atom stereocenters. The molecule has 4 N–H and O–H groups in total. The molecule has 1 rings (SSSR count). The maximum absolute atomic E-state index is 12.1. The second-order valence-corrected chi connectivity index (χ2v) is 4.52. The summed E-state index contributed by atoms with van der Waals surface area (Å²) < 4.78 is 47.7. The van der Waals surface area contributed by atoms with E-state index in [1.54, 1.807) is 4.72 Å². The zero-order chi connectivity index (χ0) is 12.3. The summed E-state index contributed by atoms with van der Waals surface area (Å²) in [6.07, 6.45) is 0. The highest BCUT2D eigenvalue weighted by Gasteiger charge is 2.24. The lowest BCUT2D eigenvalue weighted by molar-refractivity contribution is 0.236. The number of hydrogen-bond acceptors (Lipinski definition) is 3. The molecule has 0 aliphatic rings. The van der Waals surface area contributed by atoms with Crippen LogP contribution in [0.3, 0.4) is 0 Å². The normalized spacial score (nSPS) is 11.4. The Morgan fingerprint density at radius 2 is 1.94 bits per heavy atom. The van der Waals surface area contributed by atoms with Crippen molar-refractivity contribution in [2.24, 2.45) is 5.73 Å². The molecule has 0 aliphatic heterocycles. The molecule has 0 aliphatic carbocycles. The van der Waals surface area contributed by atoms with Crippen LogP contribution in [0.2, 0.25) is 0 Å². The maximum atomic E-state index is 12.1. The van der Waals surface area contributed by atoms with Crippen LogP contribution in [0.1, 0.15) is 5.56 Å². The third-order valence-electron chi connectivity index (χ3n) is 1.70. The number of benzene rings is 1. The SMILES string of the molecule is N=C(N)c1ccccc1NS(=O)(=O)C(F)F. The van der Waals surface area contributed by atoms with Gasteiger partial charge in [0.2, 0.25) is 0 Å². The highest BCUT2D eigenvalue weighted by atomic mass is 32.2. The molecule has 0 heterocycles. The van der Waals surface area contributed by atoms with Crippen molar-refractivity contribution < 1.29 is 17.2 Å². The summed E-state index contributed by atoms with van der Waals surface area (Å²) in [5, 5.41) is 7.15. The number of rotatable bonds is 4. The predicted octanol–water partition coefficient (Wildman–Crippen LogP) is 0.935. The number of alkyl halides is 2. The van der Waals surface area contributed by atoms with Crippen molar-refractivity contribution in [3.8, 4) is 0 Å². The first-order valence-electron chi connectivity index (χ1n) is 4.08. The van der Waals surface area contributed by atoms with Crippen molar-refractivity contribution in [2.75, 3.05) is 4.72 Å². The molecule has 0 aromatic heterocycles. The fourth-order valence-electron chi connectivity index (χ4n) is 1.00. The van der Waals surface area contributed by atoms with Gasteiger partial charge in [-0.25, -0.2) is 8.42 Å². The second-order valence-electron chi connectivity index (χ2n) is 2.87. The standard InChI is InChI=1S/C8H9F2N3O2S/c9-8(10)16(14,15)13-6-4-2-1-3-5(6)7(11)12/h1-4,8,13H,(H3,11,12). The monoisotopic (exact) mass is 249 g/mol. The van der Waals surface area contributed by atoms with E-state index >= 15 is 0 Å². The highest BCUT2D eigenvalue weighted by Crippen LogP contribution is 2.18. The Kier molecular flexibility index (Phi) is 3.43. The van der Waals surface area contributed by atoms with Gasteiger partial charge in [-0.1, -0.05) is 12.1 Å². The average Bonchev–Trinajstić information content (AvgIpc) is 2.17. The summed E-state index contributed by atoms with van der Waals surface area (Å²) in [5.74, 6) is -3.94. The van der Waals surface area contributed by atoms with E-state index in [9.17, 15) is 17.2 Å². The molecule has 0 spiro atoms. The third-order valence-corrected chi connectivity index (χ3v) is 2.68. The number of nitrogen functional groups attached to an aromatic ring is 1. The molecule has 0 amide bonds. The number of sulfonamides is 1. The van der Waals surface area contributed by atoms with E-state index in [-0.39, 0.29) is 11.3 Å². The molecule has 5 nitrogen and oxygen atoms in total. The highest BCUT2D eigenvalue weighted by molar-refractivity contribution is 7.93. The molecule has 0 atom stereocenters. The van der Waals surface area contributed by atoms with Crippen molar-refractivity contribution in [3.63, 3.8) is 0 Å². The second kappa shape index (κ2) is 4.44. The van der Waals surface area contributed by atoms with Crippen molar-refractivity contribution >= 4 is 21.5 Å². The minimum atomic E-state index is -4.74. The molecule has 1 aromatic rings. The first-order valence-corrected chi connectivity index (χ1v) is 5.62. The number of halogens is 2. The lowest BCUT2D eigenvalue weighted by atomic mass is 10.2. The topological polar surface area (TPSA) is 96.0 Å². The van der Waals surface area contributed by atoms with Gasteiger partial charge in [-0.05, 0) is 12.1 Å². The van der Waals surface area contributed by atoms with Gasteiger partial charge >= 0.3 is 5.76 Å². The lowest BCUT2D eigenvalue weighted by Crippen LogP contribution is -2.23. The number of para-hydroxylation sites is 1. The van der Waals surface area contributed by atoms with Gasteiger partial charge in [-0.3, -0.25) is 10.1 Å². The number of nitrogens with one attached hydrogen (secondary N) is 2. The first-order chi connectivity index (χ1) is 7.34. The minimum absolute atomic E-state index is 0.0479. The summed E-state index contributed by atoms with van der Waals surface area (Å²) in [6.45, 7) is 0. The molecule has 88 valence electrons. The van der Waals surface area contributed by atoms with Crippen LogP contribution in [0.15, 0.2) is 24.3 Å². The summed E-state index contributed by atoms with van der Waals surface area (Å²) in [5.41, 5.74) is 5.08. The molecular formula is C8H9F2N3O2S. The quantitative estimate of drug-likeness (QED) is 0.547. The summed E-state index contributed by atoms with van der Waals surface area (Å²) in [4.78, 5) is 0. The average molecular weight is 249 g/mol. The van der Waals surface area contributed by atoms with E-state index in [2.05, 4.69) is 0 Å². The van der Waals surface area contributed by atoms with Crippen LogP contribution in [0.5, 0.6) is 0 Å². The Balaban J connectivity index is 3.12. The van der Waals surface area contributed by atoms with Crippen LogP contribution < -0.4 is 10.5 Å². The largest absolute Gasteiger partial charge is 0.384 e. The van der Waals surface area contributed by atoms with E-state index in [0.717, 1.165) is 0 Å². The molecule has 0 radical (unpaired) electrons. The number of amidine groups is 1. The van der Waals surface area contributed by atoms with E-state index in [1.165, 1.54) is 24.3 Å². The Labute approximate surface area is 90.8 Å². The van der Waals surface area contributed by atoms with E-state index in [4.69, 9.17) is 11.1 Å². The zero-order valence-corrected chi connectivity index (χ0v) is 8.76. The molecule has 0 fully saturated rings. The van der Waals surface area contributed by atoms with Gasteiger partial charge in [-0.15, -0.1) is 0 Å². The van der Waals surface area contributed by atoms with Crippen LogP contribution >= 0.6 is 0 Å². The van der Waals surface area contributed by atoms with Crippen molar-refractivity contribution in [3.05, 3.63) is 29.8 Å². The molecule has 8 heteroatoms. The number of anilines is 1. The number of hydrogen-bond donors (Lipinski definition) is 3. The van der Waals surface area contributed by atoms with Crippen molar-refractivity contribution in [2.45, 2.75) is 5.76 Å². The van der Waals surface area contributed by atoms with Gasteiger partial charge in [0.15, 0.2) is 0 Å². The van der Waals surface area contributed by atoms with Gasteiger partial charge in [0.05, 0.1) is 5.69 Å². The number of nitrogens with two attached hydrogens (primary N) is 1. The smallest absolute Gasteiger partial charge is 0.355 e. The Morgan fingerprint density at radius 1 is 1.38 bits per heavy atom. The molecule has 16 heavy (non-hydrogen) atoms. The van der Waals surface area contributed by atoms with Crippen LogP contribution in [-0.2, 0) is 10.0 Å². The zero-order valence-electron chi connectivity index (χ0n) is 7.94. The third kappa shape index (κ3) is 2.66. The fraction of sp³-hybridized carbons (Fsp3) is 0.125. The van der Waals surface area contributed by atoms with E-state index < -0.39 is 21.6 Å². The van der Waals surface area contributed by atoms with Crippen molar-refractivity contribution in [1.82, 2.24) is 0 Å².